The van der Waals surface area contributed by atoms with Crippen molar-refractivity contribution >= 4 is 12.3 Å². The third-order valence-corrected chi connectivity index (χ3v) is 5.61. The first kappa shape index (κ1) is 16.2. The van der Waals surface area contributed by atoms with Crippen LogP contribution in [0.15, 0.2) is 11.6 Å². The molecule has 1 unspecified atom stereocenters. The molecule has 0 radical (unpaired) electrons. The van der Waals surface area contributed by atoms with E-state index in [0.717, 1.165) is 19.3 Å². The zero-order valence-electron chi connectivity index (χ0n) is 13.4. The average molecular weight is 294 g/mol. The smallest absolute Gasteiger partial charge is 0.302 e. The number of aldehydes is 1. The number of esters is 1. The lowest BCUT2D eigenvalue weighted by Gasteiger charge is -2.55. The number of fused-ring (bicyclic) bond motifs is 1. The minimum atomic E-state index is -1.50. The van der Waals surface area contributed by atoms with Crippen LogP contribution >= 0.6 is 0 Å². The van der Waals surface area contributed by atoms with E-state index in [1.165, 1.54) is 19.4 Å². The van der Waals surface area contributed by atoms with Crippen molar-refractivity contribution in [1.82, 2.24) is 0 Å². The van der Waals surface area contributed by atoms with Crippen molar-refractivity contribution in [2.45, 2.75) is 65.1 Å². The van der Waals surface area contributed by atoms with E-state index in [2.05, 4.69) is 19.9 Å². The Kier molecular flexibility index (Phi) is 4.29. The molecular formula is C17H26O4. The van der Waals surface area contributed by atoms with Gasteiger partial charge in [-0.3, -0.25) is 4.79 Å². The lowest BCUT2D eigenvalue weighted by atomic mass is 9.51. The molecule has 0 amide bonds. The summed E-state index contributed by atoms with van der Waals surface area (Å²) in [5, 5.41) is 10.7. The Labute approximate surface area is 126 Å². The van der Waals surface area contributed by atoms with E-state index in [9.17, 15) is 14.7 Å². The first-order chi connectivity index (χ1) is 9.73. The van der Waals surface area contributed by atoms with Gasteiger partial charge in [-0.1, -0.05) is 25.5 Å². The topological polar surface area (TPSA) is 63.6 Å². The van der Waals surface area contributed by atoms with E-state index < -0.39 is 17.6 Å². The molecule has 2 rings (SSSR count). The summed E-state index contributed by atoms with van der Waals surface area (Å²) < 4.78 is 5.47. The zero-order chi connectivity index (χ0) is 15.8. The number of carbonyl (C=O) groups excluding carboxylic acids is 2. The summed E-state index contributed by atoms with van der Waals surface area (Å²) in [5.74, 6) is -0.417. The molecule has 21 heavy (non-hydrogen) atoms. The summed E-state index contributed by atoms with van der Waals surface area (Å²) >= 11 is 0. The van der Waals surface area contributed by atoms with Crippen LogP contribution in [-0.4, -0.2) is 29.1 Å². The molecule has 4 heteroatoms. The van der Waals surface area contributed by atoms with Crippen LogP contribution < -0.4 is 0 Å². The summed E-state index contributed by atoms with van der Waals surface area (Å²) in [4.78, 5) is 22.9. The third kappa shape index (κ3) is 2.66. The quantitative estimate of drug-likeness (QED) is 0.494. The predicted molar refractivity (Wildman–Crippen MR) is 79.6 cm³/mol. The van der Waals surface area contributed by atoms with Crippen molar-refractivity contribution in [1.29, 1.82) is 0 Å². The highest BCUT2D eigenvalue weighted by Gasteiger charge is 2.57. The van der Waals surface area contributed by atoms with Crippen molar-refractivity contribution in [3.8, 4) is 0 Å². The zero-order valence-corrected chi connectivity index (χ0v) is 13.4. The van der Waals surface area contributed by atoms with Gasteiger partial charge in [-0.15, -0.1) is 0 Å². The van der Waals surface area contributed by atoms with Gasteiger partial charge in [-0.2, -0.15) is 0 Å². The summed E-state index contributed by atoms with van der Waals surface area (Å²) in [6, 6.07) is 0. The van der Waals surface area contributed by atoms with E-state index in [-0.39, 0.29) is 11.4 Å². The molecule has 0 aromatic heterocycles. The number of allylic oxidation sites excluding steroid dienone is 2. The van der Waals surface area contributed by atoms with Crippen LogP contribution in [0.2, 0.25) is 0 Å². The molecule has 1 saturated carbocycles. The van der Waals surface area contributed by atoms with Crippen LogP contribution in [0.1, 0.15) is 53.4 Å². The number of hydrogen-bond donors (Lipinski definition) is 1. The standard InChI is InChI=1S/C17H26O4/c1-11-6-5-7-13-8-9-14(21-12(2)19)15(17(11,13)4)16(3,20)10-18/h7,10-11,14-15,20H,5-6,8-9H2,1-4H3/t11-,14-,15+,16?,17+/m0/s1. The lowest BCUT2D eigenvalue weighted by molar-refractivity contribution is -0.175. The molecule has 1 N–H and O–H groups in total. The number of aliphatic hydroxyl groups is 1. The first-order valence-corrected chi connectivity index (χ1v) is 7.79. The molecule has 0 aromatic carbocycles. The van der Waals surface area contributed by atoms with Gasteiger partial charge in [0.25, 0.3) is 0 Å². The van der Waals surface area contributed by atoms with Crippen molar-refractivity contribution in [3.05, 3.63) is 11.6 Å². The predicted octanol–water partition coefficient (Wildman–Crippen LogP) is 2.64. The van der Waals surface area contributed by atoms with Gasteiger partial charge in [0.05, 0.1) is 0 Å². The monoisotopic (exact) mass is 294 g/mol. The lowest BCUT2D eigenvalue weighted by Crippen LogP contribution is -2.58. The highest BCUT2D eigenvalue weighted by Crippen LogP contribution is 2.57. The molecule has 5 atom stereocenters. The largest absolute Gasteiger partial charge is 0.462 e. The summed E-state index contributed by atoms with van der Waals surface area (Å²) in [6.07, 6.45) is 6.04. The van der Waals surface area contributed by atoms with Gasteiger partial charge < -0.3 is 14.6 Å². The third-order valence-electron chi connectivity index (χ3n) is 5.61. The van der Waals surface area contributed by atoms with Crippen LogP contribution in [0, 0.1) is 17.3 Å². The van der Waals surface area contributed by atoms with Crippen LogP contribution in [0.5, 0.6) is 0 Å². The molecule has 0 heterocycles. The molecule has 0 bridgehead atoms. The Bertz CT molecular complexity index is 465. The van der Waals surface area contributed by atoms with E-state index in [0.29, 0.717) is 18.6 Å². The van der Waals surface area contributed by atoms with E-state index in [1.807, 2.05) is 0 Å². The molecule has 2 aliphatic carbocycles. The molecule has 4 nitrogen and oxygen atoms in total. The van der Waals surface area contributed by atoms with Gasteiger partial charge >= 0.3 is 5.97 Å². The van der Waals surface area contributed by atoms with Gasteiger partial charge in [-0.25, -0.2) is 0 Å². The summed E-state index contributed by atoms with van der Waals surface area (Å²) in [5.41, 5.74) is -0.502. The molecule has 0 aromatic rings. The molecule has 0 aliphatic heterocycles. The van der Waals surface area contributed by atoms with Crippen molar-refractivity contribution < 1.29 is 19.4 Å². The van der Waals surface area contributed by atoms with Crippen LogP contribution in [0.25, 0.3) is 0 Å². The van der Waals surface area contributed by atoms with E-state index >= 15 is 0 Å². The normalized spacial score (nSPS) is 38.7. The first-order valence-electron chi connectivity index (χ1n) is 7.79. The summed E-state index contributed by atoms with van der Waals surface area (Å²) in [7, 11) is 0. The Hall–Kier alpha value is -1.16. The fraction of sp³-hybridized carbons (Fsp3) is 0.765. The van der Waals surface area contributed by atoms with Crippen LogP contribution in [0.4, 0.5) is 0 Å². The van der Waals surface area contributed by atoms with E-state index in [1.54, 1.807) is 0 Å². The average Bonchev–Trinajstić information content (AvgIpc) is 2.39. The second-order valence-electron chi connectivity index (χ2n) is 7.00. The molecule has 2 aliphatic rings. The molecule has 0 spiro atoms. The maximum absolute atomic E-state index is 11.5. The minimum absolute atomic E-state index is 0.305. The van der Waals surface area contributed by atoms with E-state index in [4.69, 9.17) is 4.74 Å². The molecule has 0 saturated heterocycles. The number of hydrogen-bond acceptors (Lipinski definition) is 4. The van der Waals surface area contributed by atoms with Crippen molar-refractivity contribution in [3.63, 3.8) is 0 Å². The number of ether oxygens (including phenoxy) is 1. The number of rotatable bonds is 3. The highest BCUT2D eigenvalue weighted by atomic mass is 16.5. The Morgan fingerprint density at radius 3 is 2.76 bits per heavy atom. The number of carbonyl (C=O) groups is 2. The maximum Gasteiger partial charge on any atom is 0.302 e. The molecular weight excluding hydrogens is 268 g/mol. The fourth-order valence-corrected chi connectivity index (χ4v) is 4.47. The van der Waals surface area contributed by atoms with Crippen molar-refractivity contribution in [2.24, 2.45) is 17.3 Å². The Morgan fingerprint density at radius 1 is 1.52 bits per heavy atom. The van der Waals surface area contributed by atoms with Gasteiger partial charge in [0.15, 0.2) is 6.29 Å². The highest BCUT2D eigenvalue weighted by molar-refractivity contribution is 5.67. The van der Waals surface area contributed by atoms with Gasteiger partial charge in [-0.05, 0) is 38.5 Å². The van der Waals surface area contributed by atoms with Gasteiger partial charge in [0.1, 0.15) is 11.7 Å². The van der Waals surface area contributed by atoms with Gasteiger partial charge in [0, 0.05) is 18.3 Å². The second-order valence-corrected chi connectivity index (χ2v) is 7.00. The Balaban J connectivity index is 2.50. The second kappa shape index (κ2) is 5.56. The SMILES string of the molecule is CC(=O)O[C@H]1CCC2=CCC[C@H](C)[C@@]2(C)[C@H]1C(C)(O)C=O. The minimum Gasteiger partial charge on any atom is -0.462 e. The van der Waals surface area contributed by atoms with Crippen molar-refractivity contribution in [2.75, 3.05) is 0 Å². The van der Waals surface area contributed by atoms with Crippen LogP contribution in [0.3, 0.4) is 0 Å². The molecule has 118 valence electrons. The molecule has 1 fully saturated rings. The fourth-order valence-electron chi connectivity index (χ4n) is 4.47. The van der Waals surface area contributed by atoms with Crippen LogP contribution in [-0.2, 0) is 14.3 Å². The Morgan fingerprint density at radius 2 is 2.19 bits per heavy atom. The van der Waals surface area contributed by atoms with Gasteiger partial charge in [0.2, 0.25) is 0 Å². The summed E-state index contributed by atoms with van der Waals surface area (Å²) in [6.45, 7) is 7.19. The maximum atomic E-state index is 11.5.